The van der Waals surface area contributed by atoms with E-state index in [0.717, 1.165) is 6.08 Å². The Balaban J connectivity index is 3.12. The second-order valence-electron chi connectivity index (χ2n) is 2.89. The van der Waals surface area contributed by atoms with E-state index in [9.17, 15) is 9.59 Å². The van der Waals surface area contributed by atoms with E-state index in [1.165, 1.54) is 14.2 Å². The molecule has 0 aliphatic heterocycles. The van der Waals surface area contributed by atoms with Gasteiger partial charge in [0.1, 0.15) is 0 Å². The van der Waals surface area contributed by atoms with Gasteiger partial charge in [-0.3, -0.25) is 9.59 Å². The lowest BCUT2D eigenvalue weighted by Crippen LogP contribution is -2.22. The van der Waals surface area contributed by atoms with E-state index >= 15 is 0 Å². The maximum atomic E-state index is 11.7. The molecular formula is C10H12O5. The molecule has 0 aromatic heterocycles. The fourth-order valence-corrected chi connectivity index (χ4v) is 1.36. The molecule has 0 heterocycles. The number of hydrogen-bond acceptors (Lipinski definition) is 5. The van der Waals surface area contributed by atoms with E-state index in [2.05, 4.69) is 0 Å². The number of aliphatic hydroxyl groups is 1. The summed E-state index contributed by atoms with van der Waals surface area (Å²) in [6, 6.07) is 0. The van der Waals surface area contributed by atoms with Gasteiger partial charge in [0, 0.05) is 19.1 Å². The second-order valence-corrected chi connectivity index (χ2v) is 2.89. The van der Waals surface area contributed by atoms with Gasteiger partial charge in [-0.2, -0.15) is 0 Å². The van der Waals surface area contributed by atoms with Crippen LogP contribution in [-0.4, -0.2) is 37.5 Å². The zero-order valence-corrected chi connectivity index (χ0v) is 8.57. The summed E-state index contributed by atoms with van der Waals surface area (Å²) >= 11 is 0. The van der Waals surface area contributed by atoms with Crippen molar-refractivity contribution < 1.29 is 24.2 Å². The van der Waals surface area contributed by atoms with Gasteiger partial charge >= 0.3 is 0 Å². The lowest BCUT2D eigenvalue weighted by molar-refractivity contribution is -0.120. The molecule has 0 aromatic rings. The lowest BCUT2D eigenvalue weighted by Gasteiger charge is -2.16. The van der Waals surface area contributed by atoms with Gasteiger partial charge in [0.2, 0.25) is 11.6 Å². The van der Waals surface area contributed by atoms with Crippen molar-refractivity contribution in [2.45, 2.75) is 6.42 Å². The molecule has 0 aromatic carbocycles. The van der Waals surface area contributed by atoms with E-state index in [0.29, 0.717) is 0 Å². The average Bonchev–Trinajstić information content (AvgIpc) is 2.23. The van der Waals surface area contributed by atoms with Crippen molar-refractivity contribution in [2.75, 3.05) is 20.8 Å². The van der Waals surface area contributed by atoms with Crippen molar-refractivity contribution in [3.05, 3.63) is 23.2 Å². The predicted octanol–water partition coefficient (Wildman–Crippen LogP) is -0.0486. The lowest BCUT2D eigenvalue weighted by atomic mass is 9.97. The molecule has 5 nitrogen and oxygen atoms in total. The molecule has 1 aliphatic carbocycles. The quantitative estimate of drug-likeness (QED) is 0.661. The number of Topliss-reactive ketones (excluding diaryl/α,β-unsaturated/α-hetero) is 1. The van der Waals surface area contributed by atoms with Crippen molar-refractivity contribution in [3.8, 4) is 0 Å². The Morgan fingerprint density at radius 1 is 1.27 bits per heavy atom. The maximum Gasteiger partial charge on any atom is 0.227 e. The number of rotatable bonds is 4. The van der Waals surface area contributed by atoms with E-state index in [1.54, 1.807) is 0 Å². The zero-order chi connectivity index (χ0) is 11.4. The first kappa shape index (κ1) is 11.5. The van der Waals surface area contributed by atoms with Crippen LogP contribution in [0.4, 0.5) is 0 Å². The molecule has 0 bridgehead atoms. The Kier molecular flexibility index (Phi) is 3.62. The molecular weight excluding hydrogens is 200 g/mol. The minimum atomic E-state index is -0.419. The van der Waals surface area contributed by atoms with Crippen LogP contribution in [0.25, 0.3) is 0 Å². The van der Waals surface area contributed by atoms with Crippen LogP contribution in [0.1, 0.15) is 6.42 Å². The van der Waals surface area contributed by atoms with E-state index in [4.69, 9.17) is 14.6 Å². The highest BCUT2D eigenvalue weighted by atomic mass is 16.5. The number of allylic oxidation sites excluding steroid dienone is 2. The fourth-order valence-electron chi connectivity index (χ4n) is 1.36. The molecule has 1 rings (SSSR count). The predicted molar refractivity (Wildman–Crippen MR) is 50.8 cm³/mol. The fraction of sp³-hybridized carbons (Fsp3) is 0.400. The summed E-state index contributed by atoms with van der Waals surface area (Å²) in [5, 5.41) is 8.78. The first-order chi connectivity index (χ1) is 7.15. The Bertz CT molecular complexity index is 351. The number of ketones is 2. The minimum absolute atomic E-state index is 0.0187. The molecule has 0 unspecified atom stereocenters. The third-order valence-electron chi connectivity index (χ3n) is 2.04. The summed E-state index contributed by atoms with van der Waals surface area (Å²) in [6.45, 7) is -0.224. The first-order valence-corrected chi connectivity index (χ1v) is 4.38. The normalized spacial score (nSPS) is 16.6. The van der Waals surface area contributed by atoms with Gasteiger partial charge in [-0.05, 0) is 0 Å². The average molecular weight is 212 g/mol. The summed E-state index contributed by atoms with van der Waals surface area (Å²) < 4.78 is 9.59. The molecule has 82 valence electrons. The Morgan fingerprint density at radius 2 is 1.93 bits per heavy atom. The summed E-state index contributed by atoms with van der Waals surface area (Å²) in [5.41, 5.74) is 0.157. The van der Waals surface area contributed by atoms with Crippen LogP contribution in [0.5, 0.6) is 0 Å². The van der Waals surface area contributed by atoms with Crippen LogP contribution < -0.4 is 0 Å². The number of aliphatic hydroxyl groups excluding tert-OH is 1. The Morgan fingerprint density at radius 3 is 2.40 bits per heavy atom. The van der Waals surface area contributed by atoms with Crippen molar-refractivity contribution in [1.82, 2.24) is 0 Å². The van der Waals surface area contributed by atoms with Gasteiger partial charge in [0.15, 0.2) is 11.5 Å². The molecule has 5 heteroatoms. The molecule has 0 fully saturated rings. The monoisotopic (exact) mass is 212 g/mol. The zero-order valence-electron chi connectivity index (χ0n) is 8.57. The van der Waals surface area contributed by atoms with Gasteiger partial charge in [0.05, 0.1) is 19.8 Å². The summed E-state index contributed by atoms with van der Waals surface area (Å²) in [7, 11) is 2.62. The topological polar surface area (TPSA) is 72.8 Å². The molecule has 0 atom stereocenters. The molecule has 0 radical (unpaired) electrons. The van der Waals surface area contributed by atoms with Crippen LogP contribution in [0, 0.1) is 0 Å². The van der Waals surface area contributed by atoms with Crippen LogP contribution in [0.2, 0.25) is 0 Å². The Hall–Kier alpha value is -1.62. The smallest absolute Gasteiger partial charge is 0.227 e. The molecule has 0 saturated carbocycles. The van der Waals surface area contributed by atoms with E-state index in [1.807, 2.05) is 0 Å². The van der Waals surface area contributed by atoms with Crippen molar-refractivity contribution in [1.29, 1.82) is 0 Å². The van der Waals surface area contributed by atoms with Crippen molar-refractivity contribution in [3.63, 3.8) is 0 Å². The van der Waals surface area contributed by atoms with Crippen LogP contribution in [0.3, 0.4) is 0 Å². The summed E-state index contributed by atoms with van der Waals surface area (Å²) in [6.07, 6.45) is 1.16. The maximum absolute atomic E-state index is 11.7. The molecule has 1 N–H and O–H groups in total. The standard InChI is InChI=1S/C10H12O5/c1-14-8-5-7(12)10(15-2)6(3-4-11)9(8)13/h5,11H,3-4H2,1-2H3. The summed E-state index contributed by atoms with van der Waals surface area (Å²) in [4.78, 5) is 23.1. The number of carbonyl (C=O) groups excluding carboxylic acids is 2. The van der Waals surface area contributed by atoms with Crippen LogP contribution in [-0.2, 0) is 19.1 Å². The van der Waals surface area contributed by atoms with Gasteiger partial charge in [-0.1, -0.05) is 0 Å². The third kappa shape index (κ3) is 2.07. The van der Waals surface area contributed by atoms with Crippen molar-refractivity contribution in [2.24, 2.45) is 0 Å². The molecule has 1 aliphatic rings. The molecule has 0 saturated heterocycles. The highest BCUT2D eigenvalue weighted by Crippen LogP contribution is 2.22. The van der Waals surface area contributed by atoms with Gasteiger partial charge in [-0.25, -0.2) is 0 Å². The van der Waals surface area contributed by atoms with E-state index in [-0.39, 0.29) is 30.1 Å². The van der Waals surface area contributed by atoms with Gasteiger partial charge < -0.3 is 14.6 Å². The van der Waals surface area contributed by atoms with Gasteiger partial charge in [-0.15, -0.1) is 0 Å². The highest BCUT2D eigenvalue weighted by molar-refractivity contribution is 6.21. The molecule has 0 spiro atoms. The van der Waals surface area contributed by atoms with Crippen molar-refractivity contribution >= 4 is 11.6 Å². The number of methoxy groups -OCH3 is 2. The van der Waals surface area contributed by atoms with Crippen LogP contribution >= 0.6 is 0 Å². The Labute approximate surface area is 87.0 Å². The van der Waals surface area contributed by atoms with Crippen LogP contribution in [0.15, 0.2) is 23.2 Å². The summed E-state index contributed by atoms with van der Waals surface area (Å²) in [5.74, 6) is -0.875. The third-order valence-corrected chi connectivity index (χ3v) is 2.04. The van der Waals surface area contributed by atoms with E-state index < -0.39 is 11.6 Å². The first-order valence-electron chi connectivity index (χ1n) is 4.38. The number of ether oxygens (including phenoxy) is 2. The highest BCUT2D eigenvalue weighted by Gasteiger charge is 2.29. The van der Waals surface area contributed by atoms with Gasteiger partial charge in [0.25, 0.3) is 0 Å². The SMILES string of the molecule is COC1=CC(=O)C(OC)=C(CCO)C1=O. The minimum Gasteiger partial charge on any atom is -0.493 e. The number of hydrogen-bond donors (Lipinski definition) is 1. The number of carbonyl (C=O) groups is 2. The largest absolute Gasteiger partial charge is 0.493 e. The molecule has 15 heavy (non-hydrogen) atoms. The molecule has 0 amide bonds. The second kappa shape index (κ2) is 4.75.